The average Bonchev–Trinajstić information content (AvgIpc) is 2.92. The van der Waals surface area contributed by atoms with Crippen LogP contribution in [0.25, 0.3) is 0 Å². The Morgan fingerprint density at radius 1 is 0.946 bits per heavy atom. The fourth-order valence-corrected chi connectivity index (χ4v) is 7.43. The Hall–Kier alpha value is -2.33. The molecule has 1 saturated carbocycles. The van der Waals surface area contributed by atoms with Crippen molar-refractivity contribution in [1.29, 1.82) is 0 Å². The van der Waals surface area contributed by atoms with Crippen LogP contribution >= 0.6 is 0 Å². The van der Waals surface area contributed by atoms with Crippen molar-refractivity contribution in [2.45, 2.75) is 83.7 Å². The van der Waals surface area contributed by atoms with Crippen LogP contribution in [-0.2, 0) is 16.9 Å². The van der Waals surface area contributed by atoms with E-state index in [1.54, 1.807) is 7.11 Å². The molecule has 1 amide bonds. The lowest BCUT2D eigenvalue weighted by Gasteiger charge is -2.57. The molecule has 37 heavy (non-hydrogen) atoms. The minimum absolute atomic E-state index is 0.0742. The highest BCUT2D eigenvalue weighted by molar-refractivity contribution is 5.80. The van der Waals surface area contributed by atoms with E-state index in [-0.39, 0.29) is 16.9 Å². The van der Waals surface area contributed by atoms with Gasteiger partial charge in [0.25, 0.3) is 0 Å². The summed E-state index contributed by atoms with van der Waals surface area (Å²) in [5, 5.41) is 0. The molecule has 202 valence electrons. The number of likely N-dealkylation sites (tertiary alicyclic amines) is 1. The van der Waals surface area contributed by atoms with Crippen molar-refractivity contribution in [3.8, 4) is 5.75 Å². The highest BCUT2D eigenvalue weighted by Crippen LogP contribution is 2.56. The summed E-state index contributed by atoms with van der Waals surface area (Å²) in [4.78, 5) is 18.4. The Morgan fingerprint density at radius 3 is 2.22 bits per heavy atom. The Kier molecular flexibility index (Phi) is 9.00. The van der Waals surface area contributed by atoms with Crippen molar-refractivity contribution in [2.75, 3.05) is 27.7 Å². The Bertz CT molecular complexity index is 993. The maximum atomic E-state index is 13.7. The molecular weight excluding hydrogens is 456 g/mol. The largest absolute Gasteiger partial charge is 0.497 e. The zero-order valence-corrected chi connectivity index (χ0v) is 23.8. The highest BCUT2D eigenvalue weighted by Gasteiger charge is 2.54. The van der Waals surface area contributed by atoms with Crippen molar-refractivity contribution in [1.82, 2.24) is 9.80 Å². The van der Waals surface area contributed by atoms with Crippen LogP contribution in [0.2, 0.25) is 0 Å². The Morgan fingerprint density at radius 2 is 1.62 bits per heavy atom. The lowest BCUT2D eigenvalue weighted by Crippen LogP contribution is -2.59. The quantitative estimate of drug-likeness (QED) is 0.319. The molecule has 0 bridgehead atoms. The van der Waals surface area contributed by atoms with Gasteiger partial charge in [0.15, 0.2) is 0 Å². The molecule has 1 aliphatic carbocycles. The van der Waals surface area contributed by atoms with E-state index in [2.05, 4.69) is 80.2 Å². The average molecular weight is 505 g/mol. The van der Waals surface area contributed by atoms with Crippen LogP contribution in [0.3, 0.4) is 0 Å². The third kappa shape index (κ3) is 5.74. The van der Waals surface area contributed by atoms with Gasteiger partial charge in [-0.25, -0.2) is 0 Å². The van der Waals surface area contributed by atoms with Crippen molar-refractivity contribution in [2.24, 2.45) is 17.3 Å². The number of hydrogen-bond acceptors (Lipinski definition) is 3. The molecule has 0 N–H and O–H groups in total. The van der Waals surface area contributed by atoms with E-state index >= 15 is 0 Å². The molecule has 2 aromatic rings. The molecule has 4 rings (SSSR count). The van der Waals surface area contributed by atoms with Gasteiger partial charge in [0.05, 0.1) is 7.11 Å². The van der Waals surface area contributed by atoms with E-state index in [9.17, 15) is 4.79 Å². The van der Waals surface area contributed by atoms with Gasteiger partial charge in [0.1, 0.15) is 5.75 Å². The first kappa shape index (κ1) is 27.7. The van der Waals surface area contributed by atoms with Crippen LogP contribution < -0.4 is 4.74 Å². The van der Waals surface area contributed by atoms with Gasteiger partial charge in [-0.3, -0.25) is 9.69 Å². The van der Waals surface area contributed by atoms with Gasteiger partial charge in [-0.05, 0) is 80.8 Å². The lowest BCUT2D eigenvalue weighted by atomic mass is 9.55. The number of piperidine rings is 1. The number of unbranched alkanes of at least 4 members (excludes halogenated alkanes) is 3. The van der Waals surface area contributed by atoms with Crippen LogP contribution in [-0.4, -0.2) is 43.5 Å². The molecule has 2 aliphatic rings. The first-order chi connectivity index (χ1) is 17.8. The molecule has 4 heteroatoms. The molecule has 0 radical (unpaired) electrons. The summed E-state index contributed by atoms with van der Waals surface area (Å²) >= 11 is 0. The number of nitrogens with zero attached hydrogens (tertiary/aromatic N) is 2. The van der Waals surface area contributed by atoms with Gasteiger partial charge >= 0.3 is 0 Å². The molecule has 2 fully saturated rings. The number of rotatable bonds is 10. The van der Waals surface area contributed by atoms with E-state index in [4.69, 9.17) is 4.74 Å². The molecule has 1 aliphatic heterocycles. The van der Waals surface area contributed by atoms with E-state index in [1.165, 1.54) is 56.1 Å². The van der Waals surface area contributed by atoms with Crippen molar-refractivity contribution < 1.29 is 9.53 Å². The molecule has 2 aromatic carbocycles. The predicted octanol–water partition coefficient (Wildman–Crippen LogP) is 7.28. The Balaban J connectivity index is 1.59. The lowest BCUT2D eigenvalue weighted by molar-refractivity contribution is -0.155. The number of carbonyl (C=O) groups is 1. The number of benzene rings is 2. The van der Waals surface area contributed by atoms with Crippen LogP contribution in [0.1, 0.15) is 82.8 Å². The molecule has 1 saturated heterocycles. The highest BCUT2D eigenvalue weighted by atomic mass is 16.5. The maximum Gasteiger partial charge on any atom is 0.226 e. The SMILES string of the molecule is CCCCCCC1C(C)C(=O)N(Cc2ccc(OC)cc2)C[C@]12CC[C@](c1ccccc1)(N(C)C)CC2. The fourth-order valence-electron chi connectivity index (χ4n) is 7.43. The number of amides is 1. The monoisotopic (exact) mass is 504 g/mol. The van der Waals surface area contributed by atoms with E-state index in [0.29, 0.717) is 18.4 Å². The number of methoxy groups -OCH3 is 1. The summed E-state index contributed by atoms with van der Waals surface area (Å²) in [5.74, 6) is 1.76. The first-order valence-electron chi connectivity index (χ1n) is 14.5. The maximum absolute atomic E-state index is 13.7. The molecule has 1 heterocycles. The zero-order valence-electron chi connectivity index (χ0n) is 23.8. The van der Waals surface area contributed by atoms with Gasteiger partial charge < -0.3 is 9.64 Å². The summed E-state index contributed by atoms with van der Waals surface area (Å²) in [7, 11) is 6.19. The van der Waals surface area contributed by atoms with Crippen LogP contribution in [0.5, 0.6) is 5.75 Å². The van der Waals surface area contributed by atoms with E-state index in [1.807, 2.05) is 12.1 Å². The topological polar surface area (TPSA) is 32.8 Å². The molecule has 1 spiro atoms. The smallest absolute Gasteiger partial charge is 0.226 e. The number of ether oxygens (including phenoxy) is 1. The van der Waals surface area contributed by atoms with Crippen LogP contribution in [0, 0.1) is 17.3 Å². The molecule has 2 unspecified atom stereocenters. The normalized spacial score (nSPS) is 28.2. The molecule has 0 aromatic heterocycles. The van der Waals surface area contributed by atoms with Crippen molar-refractivity contribution >= 4 is 5.91 Å². The predicted molar refractivity (Wildman–Crippen MR) is 153 cm³/mol. The van der Waals surface area contributed by atoms with Gasteiger partial charge in [-0.1, -0.05) is 82.0 Å². The third-order valence-corrected chi connectivity index (χ3v) is 9.74. The molecule has 2 atom stereocenters. The van der Waals surface area contributed by atoms with Crippen molar-refractivity contribution in [3.05, 3.63) is 65.7 Å². The van der Waals surface area contributed by atoms with Gasteiger partial charge in [-0.15, -0.1) is 0 Å². The van der Waals surface area contributed by atoms with Crippen LogP contribution in [0.4, 0.5) is 0 Å². The number of hydrogen-bond donors (Lipinski definition) is 0. The second-order valence-electron chi connectivity index (χ2n) is 11.9. The Labute approximate surface area is 225 Å². The fraction of sp³-hybridized carbons (Fsp3) is 0.606. The zero-order chi connectivity index (χ0) is 26.5. The van der Waals surface area contributed by atoms with Gasteiger partial charge in [0.2, 0.25) is 5.91 Å². The standard InChI is InChI=1S/C33H48N2O2/c1-6-7-8-12-15-30-26(2)31(36)35(24-27-16-18-29(37-5)19-17-27)25-32(30)20-22-33(23-21-32,34(3)4)28-13-10-9-11-14-28/h9-11,13-14,16-19,26,30H,6-8,12,15,20-25H2,1-5H3/t26?,30?,32-,33+. The molecule has 4 nitrogen and oxygen atoms in total. The summed E-state index contributed by atoms with van der Waals surface area (Å²) < 4.78 is 5.35. The first-order valence-corrected chi connectivity index (χ1v) is 14.5. The van der Waals surface area contributed by atoms with Crippen LogP contribution in [0.15, 0.2) is 54.6 Å². The summed E-state index contributed by atoms with van der Waals surface area (Å²) in [6.07, 6.45) is 10.9. The van der Waals surface area contributed by atoms with Gasteiger partial charge in [-0.2, -0.15) is 0 Å². The van der Waals surface area contributed by atoms with E-state index < -0.39 is 0 Å². The molecular formula is C33H48N2O2. The summed E-state index contributed by atoms with van der Waals surface area (Å²) in [5.41, 5.74) is 2.88. The summed E-state index contributed by atoms with van der Waals surface area (Å²) in [6, 6.07) is 19.3. The number of carbonyl (C=O) groups excluding carboxylic acids is 1. The third-order valence-electron chi connectivity index (χ3n) is 9.74. The van der Waals surface area contributed by atoms with Crippen molar-refractivity contribution in [3.63, 3.8) is 0 Å². The minimum Gasteiger partial charge on any atom is -0.497 e. The second kappa shape index (κ2) is 12.0. The van der Waals surface area contributed by atoms with Gasteiger partial charge in [0, 0.05) is 24.5 Å². The summed E-state index contributed by atoms with van der Waals surface area (Å²) in [6.45, 7) is 6.07. The second-order valence-corrected chi connectivity index (χ2v) is 11.9. The van der Waals surface area contributed by atoms with E-state index in [0.717, 1.165) is 25.1 Å². The minimum atomic E-state index is 0.0742.